The van der Waals surface area contributed by atoms with Crippen LogP contribution >= 0.6 is 0 Å². The fourth-order valence-electron chi connectivity index (χ4n) is 1.53. The molecule has 1 aromatic carbocycles. The number of rotatable bonds is 2. The highest BCUT2D eigenvalue weighted by Gasteiger charge is 2.05. The number of nitrogens with two attached hydrogens (primary N) is 2. The predicted octanol–water partition coefficient (Wildman–Crippen LogP) is 0.778. The molecule has 0 aliphatic carbocycles. The van der Waals surface area contributed by atoms with Gasteiger partial charge in [-0.05, 0) is 23.8 Å². The smallest absolute Gasteiger partial charge is 0.221 e. The number of H-pyrrole nitrogens is 1. The van der Waals surface area contributed by atoms with E-state index in [0.717, 1.165) is 16.5 Å². The maximum Gasteiger partial charge on any atom is 0.221 e. The second-order valence-corrected chi connectivity index (χ2v) is 3.26. The first kappa shape index (κ1) is 8.62. The lowest BCUT2D eigenvalue weighted by Crippen LogP contribution is -2.13. The van der Waals surface area contributed by atoms with Crippen LogP contribution in [-0.4, -0.2) is 10.9 Å². The van der Waals surface area contributed by atoms with Gasteiger partial charge in [0.1, 0.15) is 0 Å². The third-order valence-corrected chi connectivity index (χ3v) is 2.16. The lowest BCUT2D eigenvalue weighted by molar-refractivity contribution is -0.117. The molecule has 0 saturated carbocycles. The van der Waals surface area contributed by atoms with Crippen LogP contribution in [0.1, 0.15) is 5.56 Å². The zero-order chi connectivity index (χ0) is 10.1. The fourth-order valence-corrected chi connectivity index (χ4v) is 1.53. The molecule has 0 saturated heterocycles. The minimum atomic E-state index is -0.340. The number of amides is 1. The molecule has 0 unspecified atom stereocenters. The lowest BCUT2D eigenvalue weighted by atomic mass is 10.1. The van der Waals surface area contributed by atoms with Gasteiger partial charge in [0.2, 0.25) is 5.91 Å². The van der Waals surface area contributed by atoms with E-state index in [-0.39, 0.29) is 12.3 Å². The molecule has 14 heavy (non-hydrogen) atoms. The highest BCUT2D eigenvalue weighted by molar-refractivity contribution is 5.90. The van der Waals surface area contributed by atoms with Crippen molar-refractivity contribution in [3.63, 3.8) is 0 Å². The van der Waals surface area contributed by atoms with E-state index in [9.17, 15) is 4.79 Å². The number of carbonyl (C=O) groups excluding carboxylic acids is 1. The number of fused-ring (bicyclic) bond motifs is 1. The lowest BCUT2D eigenvalue weighted by Gasteiger charge is -1.96. The van der Waals surface area contributed by atoms with Crippen LogP contribution in [-0.2, 0) is 11.2 Å². The van der Waals surface area contributed by atoms with Crippen molar-refractivity contribution in [3.8, 4) is 0 Å². The van der Waals surface area contributed by atoms with E-state index in [1.165, 1.54) is 0 Å². The minimum Gasteiger partial charge on any atom is -0.399 e. The molecule has 0 aliphatic rings. The Labute approximate surface area is 80.9 Å². The summed E-state index contributed by atoms with van der Waals surface area (Å²) in [6, 6.07) is 5.53. The standard InChI is InChI=1S/C10H11N3O/c11-7-1-2-9-8(4-7)6(5-13-9)3-10(12)14/h1-2,4-5,13H,3,11H2,(H2,12,14). The number of benzene rings is 1. The van der Waals surface area contributed by atoms with Gasteiger partial charge in [-0.15, -0.1) is 0 Å². The summed E-state index contributed by atoms with van der Waals surface area (Å²) in [7, 11) is 0. The molecule has 1 amide bonds. The highest BCUT2D eigenvalue weighted by atomic mass is 16.1. The van der Waals surface area contributed by atoms with Gasteiger partial charge in [-0.3, -0.25) is 4.79 Å². The Bertz CT molecular complexity index is 487. The SMILES string of the molecule is NC(=O)Cc1c[nH]c2ccc(N)cc12. The highest BCUT2D eigenvalue weighted by Crippen LogP contribution is 2.20. The van der Waals surface area contributed by atoms with Gasteiger partial charge in [0, 0.05) is 22.8 Å². The molecule has 0 radical (unpaired) electrons. The first-order valence-corrected chi connectivity index (χ1v) is 4.30. The maximum absolute atomic E-state index is 10.8. The van der Waals surface area contributed by atoms with Crippen LogP contribution in [0.15, 0.2) is 24.4 Å². The van der Waals surface area contributed by atoms with E-state index >= 15 is 0 Å². The fraction of sp³-hybridized carbons (Fsp3) is 0.100. The van der Waals surface area contributed by atoms with Gasteiger partial charge in [0.15, 0.2) is 0 Å². The van der Waals surface area contributed by atoms with Crippen molar-refractivity contribution < 1.29 is 4.79 Å². The first-order chi connectivity index (χ1) is 6.66. The number of aromatic amines is 1. The van der Waals surface area contributed by atoms with Gasteiger partial charge in [-0.25, -0.2) is 0 Å². The Balaban J connectivity index is 2.55. The number of hydrogen-bond acceptors (Lipinski definition) is 2. The number of aromatic nitrogens is 1. The van der Waals surface area contributed by atoms with E-state index < -0.39 is 0 Å². The zero-order valence-corrected chi connectivity index (χ0v) is 7.58. The monoisotopic (exact) mass is 189 g/mol. The van der Waals surface area contributed by atoms with Gasteiger partial charge in [0.25, 0.3) is 0 Å². The number of nitrogens with one attached hydrogen (secondary N) is 1. The molecule has 0 spiro atoms. The molecule has 2 aromatic rings. The van der Waals surface area contributed by atoms with Gasteiger partial charge in [-0.2, -0.15) is 0 Å². The van der Waals surface area contributed by atoms with Crippen molar-refractivity contribution in [1.82, 2.24) is 4.98 Å². The summed E-state index contributed by atoms with van der Waals surface area (Å²) in [5, 5.41) is 0.962. The van der Waals surface area contributed by atoms with Crippen LogP contribution in [0.4, 0.5) is 5.69 Å². The molecule has 0 fully saturated rings. The topological polar surface area (TPSA) is 84.9 Å². The van der Waals surface area contributed by atoms with E-state index in [1.54, 1.807) is 6.20 Å². The molecule has 5 N–H and O–H groups in total. The van der Waals surface area contributed by atoms with Crippen molar-refractivity contribution in [2.75, 3.05) is 5.73 Å². The largest absolute Gasteiger partial charge is 0.399 e. The van der Waals surface area contributed by atoms with Crippen LogP contribution < -0.4 is 11.5 Å². The molecule has 1 aromatic heterocycles. The Kier molecular flexibility index (Phi) is 1.89. The summed E-state index contributed by atoms with van der Waals surface area (Å²) >= 11 is 0. The second-order valence-electron chi connectivity index (χ2n) is 3.26. The Hall–Kier alpha value is -1.97. The van der Waals surface area contributed by atoms with Crippen LogP contribution in [0.25, 0.3) is 10.9 Å². The molecule has 72 valence electrons. The van der Waals surface area contributed by atoms with Gasteiger partial charge < -0.3 is 16.5 Å². The summed E-state index contributed by atoms with van der Waals surface area (Å²) in [6.07, 6.45) is 2.03. The van der Waals surface area contributed by atoms with Crippen molar-refractivity contribution >= 4 is 22.5 Å². The number of primary amides is 1. The Morgan fingerprint density at radius 1 is 1.43 bits per heavy atom. The Morgan fingerprint density at radius 3 is 2.93 bits per heavy atom. The van der Waals surface area contributed by atoms with E-state index in [4.69, 9.17) is 11.5 Å². The molecule has 1 heterocycles. The van der Waals surface area contributed by atoms with E-state index in [1.807, 2.05) is 18.2 Å². The van der Waals surface area contributed by atoms with Crippen LogP contribution in [0.5, 0.6) is 0 Å². The molecular weight excluding hydrogens is 178 g/mol. The summed E-state index contributed by atoms with van der Waals surface area (Å²) in [5.41, 5.74) is 13.3. The van der Waals surface area contributed by atoms with Crippen molar-refractivity contribution in [3.05, 3.63) is 30.0 Å². The van der Waals surface area contributed by atoms with Crippen LogP contribution in [0.3, 0.4) is 0 Å². The summed E-state index contributed by atoms with van der Waals surface area (Å²) < 4.78 is 0. The van der Waals surface area contributed by atoms with Crippen LogP contribution in [0, 0.1) is 0 Å². The second kappa shape index (κ2) is 3.06. The van der Waals surface area contributed by atoms with Crippen molar-refractivity contribution in [2.24, 2.45) is 5.73 Å². The third-order valence-electron chi connectivity index (χ3n) is 2.16. The molecule has 0 atom stereocenters. The predicted molar refractivity (Wildman–Crippen MR) is 55.6 cm³/mol. The average molecular weight is 189 g/mol. The van der Waals surface area contributed by atoms with Crippen molar-refractivity contribution in [2.45, 2.75) is 6.42 Å². The molecule has 4 heteroatoms. The van der Waals surface area contributed by atoms with Gasteiger partial charge in [0.05, 0.1) is 6.42 Å². The van der Waals surface area contributed by atoms with Gasteiger partial charge >= 0.3 is 0 Å². The summed E-state index contributed by atoms with van der Waals surface area (Å²) in [4.78, 5) is 13.8. The quantitative estimate of drug-likeness (QED) is 0.610. The van der Waals surface area contributed by atoms with Crippen molar-refractivity contribution in [1.29, 1.82) is 0 Å². The average Bonchev–Trinajstić information content (AvgIpc) is 2.47. The van der Waals surface area contributed by atoms with E-state index in [2.05, 4.69) is 4.98 Å². The number of carbonyl (C=O) groups is 1. The maximum atomic E-state index is 10.8. The number of anilines is 1. The summed E-state index contributed by atoms with van der Waals surface area (Å²) in [6.45, 7) is 0. The molecular formula is C10H11N3O. The summed E-state index contributed by atoms with van der Waals surface area (Å²) in [5.74, 6) is -0.340. The molecule has 0 bridgehead atoms. The first-order valence-electron chi connectivity index (χ1n) is 4.30. The molecule has 2 rings (SSSR count). The van der Waals surface area contributed by atoms with Gasteiger partial charge in [-0.1, -0.05) is 0 Å². The number of nitrogen functional groups attached to an aromatic ring is 1. The zero-order valence-electron chi connectivity index (χ0n) is 7.58. The molecule has 0 aliphatic heterocycles. The van der Waals surface area contributed by atoms with Crippen LogP contribution in [0.2, 0.25) is 0 Å². The molecule has 4 nitrogen and oxygen atoms in total. The third kappa shape index (κ3) is 1.42. The Morgan fingerprint density at radius 2 is 2.21 bits per heavy atom. The number of hydrogen-bond donors (Lipinski definition) is 3. The normalized spacial score (nSPS) is 10.6. The van der Waals surface area contributed by atoms with E-state index in [0.29, 0.717) is 5.69 Å². The minimum absolute atomic E-state index is 0.240.